The van der Waals surface area contributed by atoms with Crippen molar-refractivity contribution < 1.29 is 9.32 Å². The molecular weight excluding hydrogens is 292 g/mol. The van der Waals surface area contributed by atoms with Crippen LogP contribution in [0.25, 0.3) is 0 Å². The van der Waals surface area contributed by atoms with Crippen LogP contribution in [0.2, 0.25) is 0 Å². The van der Waals surface area contributed by atoms with E-state index in [-0.39, 0.29) is 5.91 Å². The zero-order valence-electron chi connectivity index (χ0n) is 13.6. The van der Waals surface area contributed by atoms with Crippen molar-refractivity contribution in [1.29, 1.82) is 0 Å². The highest BCUT2D eigenvalue weighted by Crippen LogP contribution is 2.38. The Balaban J connectivity index is 1.63. The van der Waals surface area contributed by atoms with Crippen molar-refractivity contribution in [3.05, 3.63) is 35.5 Å². The van der Waals surface area contributed by atoms with Crippen LogP contribution in [0, 0.1) is 6.92 Å². The molecule has 1 aliphatic carbocycles. The van der Waals surface area contributed by atoms with Crippen LogP contribution in [-0.4, -0.2) is 16.0 Å². The quantitative estimate of drug-likeness (QED) is 0.816. The molecule has 23 heavy (non-hydrogen) atoms. The van der Waals surface area contributed by atoms with Crippen LogP contribution in [-0.2, 0) is 11.3 Å². The normalized spacial score (nSPS) is 13.8. The summed E-state index contributed by atoms with van der Waals surface area (Å²) >= 11 is 0. The molecule has 0 aliphatic heterocycles. The number of aromatic nitrogens is 2. The van der Waals surface area contributed by atoms with Crippen LogP contribution in [0.4, 0.5) is 11.4 Å². The minimum Gasteiger partial charge on any atom is -0.376 e. The molecule has 1 aromatic heterocycles. The fraction of sp³-hybridized carbons (Fsp3) is 0.471. The van der Waals surface area contributed by atoms with E-state index in [0.717, 1.165) is 42.0 Å². The molecule has 1 amide bonds. The molecular formula is C17H22N4O2. The van der Waals surface area contributed by atoms with E-state index in [1.165, 1.54) is 0 Å². The topological polar surface area (TPSA) is 80.0 Å². The zero-order valence-corrected chi connectivity index (χ0v) is 13.6. The Bertz CT molecular complexity index is 692. The highest BCUT2D eigenvalue weighted by Gasteiger charge is 2.28. The second kappa shape index (κ2) is 6.81. The molecule has 1 aromatic carbocycles. The van der Waals surface area contributed by atoms with Gasteiger partial charge in [-0.1, -0.05) is 18.1 Å². The van der Waals surface area contributed by atoms with Crippen molar-refractivity contribution >= 4 is 17.3 Å². The van der Waals surface area contributed by atoms with Crippen molar-refractivity contribution in [1.82, 2.24) is 10.1 Å². The smallest absolute Gasteiger partial charge is 0.245 e. The zero-order chi connectivity index (χ0) is 16.2. The predicted octanol–water partition coefficient (Wildman–Crippen LogP) is 3.61. The monoisotopic (exact) mass is 314 g/mol. The van der Waals surface area contributed by atoms with Crippen LogP contribution >= 0.6 is 0 Å². The summed E-state index contributed by atoms with van der Waals surface area (Å²) < 4.78 is 5.26. The Morgan fingerprint density at radius 1 is 1.35 bits per heavy atom. The number of carbonyl (C=O) groups is 1. The SMILES string of the molecule is CCCC(=O)Nc1cccc(NCc2nc(C3CC3)no2)c1C. The first-order valence-electron chi connectivity index (χ1n) is 8.13. The molecule has 2 N–H and O–H groups in total. The second-order valence-electron chi connectivity index (χ2n) is 5.95. The van der Waals surface area contributed by atoms with Gasteiger partial charge in [0.25, 0.3) is 0 Å². The lowest BCUT2D eigenvalue weighted by atomic mass is 10.1. The average molecular weight is 314 g/mol. The van der Waals surface area contributed by atoms with E-state index in [1.807, 2.05) is 32.0 Å². The van der Waals surface area contributed by atoms with Crippen molar-refractivity contribution in [2.24, 2.45) is 0 Å². The van der Waals surface area contributed by atoms with Crippen molar-refractivity contribution in [2.75, 3.05) is 10.6 Å². The first-order chi connectivity index (χ1) is 11.2. The first-order valence-corrected chi connectivity index (χ1v) is 8.13. The minimum atomic E-state index is 0.0405. The molecule has 0 saturated heterocycles. The molecule has 1 saturated carbocycles. The molecule has 1 aliphatic rings. The molecule has 0 atom stereocenters. The summed E-state index contributed by atoms with van der Waals surface area (Å²) in [7, 11) is 0. The Hall–Kier alpha value is -2.37. The van der Waals surface area contributed by atoms with Gasteiger partial charge in [-0.05, 0) is 43.9 Å². The van der Waals surface area contributed by atoms with E-state index in [0.29, 0.717) is 24.8 Å². The van der Waals surface area contributed by atoms with Gasteiger partial charge < -0.3 is 15.2 Å². The van der Waals surface area contributed by atoms with Gasteiger partial charge in [0.05, 0.1) is 6.54 Å². The number of rotatable bonds is 7. The third-order valence-corrected chi connectivity index (χ3v) is 3.94. The van der Waals surface area contributed by atoms with Gasteiger partial charge in [-0.3, -0.25) is 4.79 Å². The predicted molar refractivity (Wildman–Crippen MR) is 88.3 cm³/mol. The number of anilines is 2. The van der Waals surface area contributed by atoms with Gasteiger partial charge in [0.2, 0.25) is 11.8 Å². The van der Waals surface area contributed by atoms with Gasteiger partial charge in [-0.25, -0.2) is 0 Å². The molecule has 1 fully saturated rings. The van der Waals surface area contributed by atoms with Crippen LogP contribution in [0.5, 0.6) is 0 Å². The maximum Gasteiger partial charge on any atom is 0.245 e. The molecule has 1 heterocycles. The van der Waals surface area contributed by atoms with Gasteiger partial charge in [-0.2, -0.15) is 4.98 Å². The average Bonchev–Trinajstić information content (AvgIpc) is 3.27. The van der Waals surface area contributed by atoms with Crippen LogP contribution < -0.4 is 10.6 Å². The second-order valence-corrected chi connectivity index (χ2v) is 5.95. The van der Waals surface area contributed by atoms with Gasteiger partial charge >= 0.3 is 0 Å². The summed E-state index contributed by atoms with van der Waals surface area (Å²) in [5.41, 5.74) is 2.78. The van der Waals surface area contributed by atoms with Gasteiger partial charge in [-0.15, -0.1) is 0 Å². The molecule has 122 valence electrons. The molecule has 6 nitrogen and oxygen atoms in total. The Morgan fingerprint density at radius 3 is 2.87 bits per heavy atom. The number of hydrogen-bond donors (Lipinski definition) is 2. The maximum absolute atomic E-state index is 11.8. The lowest BCUT2D eigenvalue weighted by Gasteiger charge is -2.13. The van der Waals surface area contributed by atoms with Crippen LogP contribution in [0.15, 0.2) is 22.7 Å². The number of carbonyl (C=O) groups excluding carboxylic acids is 1. The lowest BCUT2D eigenvalue weighted by Crippen LogP contribution is -2.12. The number of amides is 1. The third-order valence-electron chi connectivity index (χ3n) is 3.94. The Labute approximate surface area is 135 Å². The van der Waals surface area contributed by atoms with E-state index in [1.54, 1.807) is 0 Å². The molecule has 3 rings (SSSR count). The van der Waals surface area contributed by atoms with Crippen LogP contribution in [0.1, 0.15) is 55.8 Å². The summed E-state index contributed by atoms with van der Waals surface area (Å²) in [6.45, 7) is 4.45. The van der Waals surface area contributed by atoms with Crippen molar-refractivity contribution in [3.8, 4) is 0 Å². The first kappa shape index (κ1) is 15.5. The molecule has 0 unspecified atom stereocenters. The third kappa shape index (κ3) is 3.88. The number of nitrogens with zero attached hydrogens (tertiary/aromatic N) is 2. The van der Waals surface area contributed by atoms with Crippen LogP contribution in [0.3, 0.4) is 0 Å². The van der Waals surface area contributed by atoms with Gasteiger partial charge in [0, 0.05) is 23.7 Å². The van der Waals surface area contributed by atoms with E-state index in [9.17, 15) is 4.79 Å². The Morgan fingerprint density at radius 2 is 2.13 bits per heavy atom. The standard InChI is InChI=1S/C17H22N4O2/c1-3-5-15(22)19-14-7-4-6-13(11(14)2)18-10-16-20-17(21-23-16)12-8-9-12/h4,6-7,12,18H,3,5,8-10H2,1-2H3,(H,19,22). The molecule has 6 heteroatoms. The van der Waals surface area contributed by atoms with E-state index in [4.69, 9.17) is 4.52 Å². The Kier molecular flexibility index (Phi) is 4.60. The van der Waals surface area contributed by atoms with Gasteiger partial charge in [0.1, 0.15) is 0 Å². The number of benzene rings is 1. The summed E-state index contributed by atoms with van der Waals surface area (Å²) in [5.74, 6) is 1.94. The number of nitrogens with one attached hydrogen (secondary N) is 2. The number of hydrogen-bond acceptors (Lipinski definition) is 5. The minimum absolute atomic E-state index is 0.0405. The molecule has 0 radical (unpaired) electrons. The summed E-state index contributed by atoms with van der Waals surface area (Å²) in [4.78, 5) is 16.2. The van der Waals surface area contributed by atoms with E-state index < -0.39 is 0 Å². The van der Waals surface area contributed by atoms with Gasteiger partial charge in [0.15, 0.2) is 5.82 Å². The molecule has 0 spiro atoms. The van der Waals surface area contributed by atoms with Crippen molar-refractivity contribution in [3.63, 3.8) is 0 Å². The van der Waals surface area contributed by atoms with E-state index >= 15 is 0 Å². The molecule has 2 aromatic rings. The highest BCUT2D eigenvalue weighted by atomic mass is 16.5. The highest BCUT2D eigenvalue weighted by molar-refractivity contribution is 5.92. The fourth-order valence-electron chi connectivity index (χ4n) is 2.42. The largest absolute Gasteiger partial charge is 0.376 e. The summed E-state index contributed by atoms with van der Waals surface area (Å²) in [6.07, 6.45) is 3.68. The maximum atomic E-state index is 11.8. The lowest BCUT2D eigenvalue weighted by molar-refractivity contribution is -0.116. The summed E-state index contributed by atoms with van der Waals surface area (Å²) in [5, 5.41) is 10.3. The summed E-state index contributed by atoms with van der Waals surface area (Å²) in [6, 6.07) is 5.80. The van der Waals surface area contributed by atoms with Crippen molar-refractivity contribution in [2.45, 2.75) is 52.0 Å². The fourth-order valence-corrected chi connectivity index (χ4v) is 2.42. The van der Waals surface area contributed by atoms with E-state index in [2.05, 4.69) is 20.8 Å². The molecule has 0 bridgehead atoms.